The molecule has 6 heteroatoms. The van der Waals surface area contributed by atoms with Crippen molar-refractivity contribution >= 4 is 17.9 Å². The van der Waals surface area contributed by atoms with Crippen molar-refractivity contribution in [2.75, 3.05) is 13.2 Å². The SMILES string of the molecule is CCCCCCCCCC(=O)OC[C@@H](COC(=O)CCCCCCCCCCCCC(C)CC)OC(=O)CCCCCCCCCCCCCC(C)C. The van der Waals surface area contributed by atoms with Crippen molar-refractivity contribution < 1.29 is 28.6 Å². The van der Waals surface area contributed by atoms with Crippen LogP contribution in [0.5, 0.6) is 0 Å². The maximum atomic E-state index is 12.7. The average Bonchev–Trinajstić information content (AvgIpc) is 3.14. The Balaban J connectivity index is 4.27. The van der Waals surface area contributed by atoms with E-state index in [4.69, 9.17) is 14.2 Å². The highest BCUT2D eigenvalue weighted by atomic mass is 16.6. The van der Waals surface area contributed by atoms with Gasteiger partial charge in [-0.25, -0.2) is 0 Å². The van der Waals surface area contributed by atoms with Gasteiger partial charge in [0.25, 0.3) is 0 Å². The highest BCUT2D eigenvalue weighted by molar-refractivity contribution is 5.71. The zero-order chi connectivity index (χ0) is 39.0. The van der Waals surface area contributed by atoms with E-state index in [9.17, 15) is 14.4 Å². The highest BCUT2D eigenvalue weighted by Gasteiger charge is 2.19. The molecule has 0 N–H and O–H groups in total. The van der Waals surface area contributed by atoms with E-state index in [2.05, 4.69) is 34.6 Å². The molecule has 0 aliphatic heterocycles. The zero-order valence-corrected chi connectivity index (χ0v) is 36.1. The van der Waals surface area contributed by atoms with Gasteiger partial charge in [0.1, 0.15) is 13.2 Å². The average molecular weight is 751 g/mol. The summed E-state index contributed by atoms with van der Waals surface area (Å²) in [4.78, 5) is 37.6. The maximum absolute atomic E-state index is 12.7. The van der Waals surface area contributed by atoms with E-state index in [1.165, 1.54) is 141 Å². The lowest BCUT2D eigenvalue weighted by atomic mass is 9.99. The molecule has 2 atom stereocenters. The number of unbranched alkanes of at least 4 members (excludes halogenated alkanes) is 25. The second-order valence-corrected chi connectivity index (χ2v) is 16.8. The zero-order valence-electron chi connectivity index (χ0n) is 36.1. The first kappa shape index (κ1) is 51.4. The van der Waals surface area contributed by atoms with Gasteiger partial charge in [-0.3, -0.25) is 14.4 Å². The standard InChI is InChI=1S/C47H90O6/c1-6-8-9-10-20-27-32-37-45(48)51-40-44(53-47(50)39-34-29-24-19-13-11-12-16-21-25-30-35-42(3)4)41-52-46(49)38-33-28-23-18-15-14-17-22-26-31-36-43(5)7-2/h42-44H,6-41H2,1-5H3/t43?,44-/m0/s1. The van der Waals surface area contributed by atoms with Gasteiger partial charge in [-0.1, -0.05) is 214 Å². The van der Waals surface area contributed by atoms with Gasteiger partial charge in [0.15, 0.2) is 6.10 Å². The number of carbonyl (C=O) groups is 3. The summed E-state index contributed by atoms with van der Waals surface area (Å²) in [6.07, 6.45) is 38.0. The van der Waals surface area contributed by atoms with Crippen LogP contribution in [-0.2, 0) is 28.6 Å². The van der Waals surface area contributed by atoms with Crippen molar-refractivity contribution in [3.63, 3.8) is 0 Å². The van der Waals surface area contributed by atoms with Crippen LogP contribution in [-0.4, -0.2) is 37.2 Å². The van der Waals surface area contributed by atoms with E-state index >= 15 is 0 Å². The Morgan fingerprint density at radius 1 is 0.396 bits per heavy atom. The van der Waals surface area contributed by atoms with Crippen molar-refractivity contribution in [2.45, 2.75) is 259 Å². The molecule has 0 aliphatic rings. The number of rotatable bonds is 41. The van der Waals surface area contributed by atoms with Crippen LogP contribution in [0.1, 0.15) is 253 Å². The van der Waals surface area contributed by atoms with Gasteiger partial charge < -0.3 is 14.2 Å². The Labute approximate surface area is 329 Å². The van der Waals surface area contributed by atoms with Crippen molar-refractivity contribution in [1.82, 2.24) is 0 Å². The molecule has 0 aliphatic carbocycles. The molecule has 0 aromatic heterocycles. The minimum absolute atomic E-state index is 0.0651. The van der Waals surface area contributed by atoms with Crippen LogP contribution in [0.2, 0.25) is 0 Å². The van der Waals surface area contributed by atoms with Gasteiger partial charge >= 0.3 is 17.9 Å². The van der Waals surface area contributed by atoms with Crippen molar-refractivity contribution in [2.24, 2.45) is 11.8 Å². The first-order valence-electron chi connectivity index (χ1n) is 23.3. The molecule has 0 rings (SSSR count). The third-order valence-corrected chi connectivity index (χ3v) is 10.8. The molecule has 1 unspecified atom stereocenters. The van der Waals surface area contributed by atoms with Crippen LogP contribution >= 0.6 is 0 Å². The number of hydrogen-bond donors (Lipinski definition) is 0. The first-order valence-corrected chi connectivity index (χ1v) is 23.3. The summed E-state index contributed by atoms with van der Waals surface area (Å²) in [6, 6.07) is 0. The Morgan fingerprint density at radius 3 is 1.08 bits per heavy atom. The van der Waals surface area contributed by atoms with Crippen molar-refractivity contribution in [1.29, 1.82) is 0 Å². The van der Waals surface area contributed by atoms with E-state index in [1.807, 2.05) is 0 Å². The van der Waals surface area contributed by atoms with E-state index in [-0.39, 0.29) is 31.1 Å². The minimum Gasteiger partial charge on any atom is -0.462 e. The summed E-state index contributed by atoms with van der Waals surface area (Å²) < 4.78 is 16.7. The van der Waals surface area contributed by atoms with Crippen molar-refractivity contribution in [3.05, 3.63) is 0 Å². The number of carbonyl (C=O) groups excluding carboxylic acids is 3. The molecule has 0 heterocycles. The second kappa shape index (κ2) is 40.1. The van der Waals surface area contributed by atoms with E-state index < -0.39 is 6.10 Å². The van der Waals surface area contributed by atoms with Gasteiger partial charge in [0.05, 0.1) is 0 Å². The van der Waals surface area contributed by atoms with Gasteiger partial charge in [0.2, 0.25) is 0 Å². The number of esters is 3. The first-order chi connectivity index (χ1) is 25.8. The monoisotopic (exact) mass is 751 g/mol. The molecule has 0 amide bonds. The molecule has 53 heavy (non-hydrogen) atoms. The van der Waals surface area contributed by atoms with Crippen LogP contribution in [0.4, 0.5) is 0 Å². The number of ether oxygens (including phenoxy) is 3. The maximum Gasteiger partial charge on any atom is 0.306 e. The third kappa shape index (κ3) is 39.9. The molecule has 0 fully saturated rings. The van der Waals surface area contributed by atoms with E-state index in [1.54, 1.807) is 0 Å². The smallest absolute Gasteiger partial charge is 0.306 e. The number of hydrogen-bond acceptors (Lipinski definition) is 6. The Bertz CT molecular complexity index is 811. The molecular formula is C47H90O6. The summed E-state index contributed by atoms with van der Waals surface area (Å²) in [6.45, 7) is 11.3. The predicted octanol–water partition coefficient (Wildman–Crippen LogP) is 14.6. The Morgan fingerprint density at radius 2 is 0.717 bits per heavy atom. The van der Waals surface area contributed by atoms with Crippen LogP contribution < -0.4 is 0 Å². The van der Waals surface area contributed by atoms with Crippen molar-refractivity contribution in [3.8, 4) is 0 Å². The fraction of sp³-hybridized carbons (Fsp3) is 0.936. The summed E-state index contributed by atoms with van der Waals surface area (Å²) in [5.41, 5.74) is 0. The highest BCUT2D eigenvalue weighted by Crippen LogP contribution is 2.17. The molecule has 0 radical (unpaired) electrons. The Kier molecular flexibility index (Phi) is 38.9. The quantitative estimate of drug-likeness (QED) is 0.0352. The van der Waals surface area contributed by atoms with Gasteiger partial charge in [-0.05, 0) is 31.1 Å². The molecule has 6 nitrogen and oxygen atoms in total. The fourth-order valence-electron chi connectivity index (χ4n) is 6.90. The molecule has 0 aromatic rings. The van der Waals surface area contributed by atoms with Crippen LogP contribution in [0.15, 0.2) is 0 Å². The molecule has 0 saturated heterocycles. The topological polar surface area (TPSA) is 78.9 Å². The lowest BCUT2D eigenvalue weighted by Crippen LogP contribution is -2.30. The van der Waals surface area contributed by atoms with E-state index in [0.29, 0.717) is 19.3 Å². The Hall–Kier alpha value is -1.59. The summed E-state index contributed by atoms with van der Waals surface area (Å²) in [5, 5.41) is 0. The van der Waals surface area contributed by atoms with Gasteiger partial charge in [0, 0.05) is 19.3 Å². The summed E-state index contributed by atoms with van der Waals surface area (Å²) in [5.74, 6) is 0.832. The molecule has 314 valence electrons. The van der Waals surface area contributed by atoms with Gasteiger partial charge in [-0.2, -0.15) is 0 Å². The largest absolute Gasteiger partial charge is 0.462 e. The lowest BCUT2D eigenvalue weighted by molar-refractivity contribution is -0.167. The lowest BCUT2D eigenvalue weighted by Gasteiger charge is -2.18. The second-order valence-electron chi connectivity index (χ2n) is 16.8. The van der Waals surface area contributed by atoms with Gasteiger partial charge in [-0.15, -0.1) is 0 Å². The molecular weight excluding hydrogens is 661 g/mol. The van der Waals surface area contributed by atoms with E-state index in [0.717, 1.165) is 69.6 Å². The summed E-state index contributed by atoms with van der Waals surface area (Å²) >= 11 is 0. The molecule has 0 bridgehead atoms. The third-order valence-electron chi connectivity index (χ3n) is 10.8. The van der Waals surface area contributed by atoms with Crippen LogP contribution in [0, 0.1) is 11.8 Å². The normalized spacial score (nSPS) is 12.6. The van der Waals surface area contributed by atoms with Crippen LogP contribution in [0.25, 0.3) is 0 Å². The predicted molar refractivity (Wildman–Crippen MR) is 224 cm³/mol. The fourth-order valence-corrected chi connectivity index (χ4v) is 6.90. The van der Waals surface area contributed by atoms with Crippen LogP contribution in [0.3, 0.4) is 0 Å². The molecule has 0 saturated carbocycles. The molecule has 0 aromatic carbocycles. The minimum atomic E-state index is -0.759. The molecule has 0 spiro atoms. The summed E-state index contributed by atoms with van der Waals surface area (Å²) in [7, 11) is 0.